The first-order valence-electron chi connectivity index (χ1n) is 12.9. The number of rotatable bonds is 10. The molecule has 4 atom stereocenters. The van der Waals surface area contributed by atoms with Crippen LogP contribution in [0.3, 0.4) is 0 Å². The molecule has 1 aromatic carbocycles. The molecule has 4 rings (SSSR count). The molecule has 0 aromatic heterocycles. The Kier molecular flexibility index (Phi) is 9.10. The number of aliphatic hydroxyl groups excluding tert-OH is 1. The van der Waals surface area contributed by atoms with E-state index in [9.17, 15) is 19.5 Å². The zero-order valence-electron chi connectivity index (χ0n) is 20.9. The minimum Gasteiger partial charge on any atom is -0.391 e. The van der Waals surface area contributed by atoms with Crippen molar-refractivity contribution >= 4 is 35.2 Å². The van der Waals surface area contributed by atoms with Gasteiger partial charge >= 0.3 is 0 Å². The quantitative estimate of drug-likeness (QED) is 0.344. The van der Waals surface area contributed by atoms with Crippen LogP contribution in [-0.4, -0.2) is 113 Å². The summed E-state index contributed by atoms with van der Waals surface area (Å²) in [6.07, 6.45) is 2.52. The average molecular weight is 519 g/mol. The van der Waals surface area contributed by atoms with Crippen molar-refractivity contribution < 1.29 is 19.5 Å². The molecule has 0 bridgehead atoms. The summed E-state index contributed by atoms with van der Waals surface area (Å²) in [5, 5.41) is 15.2. The Labute approximate surface area is 216 Å². The van der Waals surface area contributed by atoms with Crippen molar-refractivity contribution in [1.29, 1.82) is 0 Å². The van der Waals surface area contributed by atoms with Crippen LogP contribution in [0.2, 0.25) is 0 Å². The minimum atomic E-state index is -0.836. The molecule has 3 aliphatic heterocycles. The highest BCUT2D eigenvalue weighted by Crippen LogP contribution is 2.34. The molecule has 0 aliphatic carbocycles. The van der Waals surface area contributed by atoms with Crippen LogP contribution in [0, 0.1) is 0 Å². The van der Waals surface area contributed by atoms with Gasteiger partial charge in [-0.25, -0.2) is 0 Å². The first-order valence-corrected chi connectivity index (χ1v) is 13.8. The fraction of sp³-hybridized carbons (Fsp3) is 0.640. The molecule has 3 saturated heterocycles. The van der Waals surface area contributed by atoms with Gasteiger partial charge in [-0.15, -0.1) is 11.8 Å². The fourth-order valence-corrected chi connectivity index (χ4v) is 6.47. The Hall–Kier alpha value is -2.34. The van der Waals surface area contributed by atoms with E-state index >= 15 is 0 Å². The average Bonchev–Trinajstić information content (AvgIpc) is 3.63. The van der Waals surface area contributed by atoms with Crippen LogP contribution in [0.15, 0.2) is 24.3 Å². The van der Waals surface area contributed by atoms with Crippen LogP contribution >= 0.6 is 11.8 Å². The van der Waals surface area contributed by atoms with Crippen molar-refractivity contribution in [1.82, 2.24) is 20.0 Å². The van der Waals surface area contributed by atoms with E-state index in [-0.39, 0.29) is 23.0 Å². The summed E-state index contributed by atoms with van der Waals surface area (Å²) in [6, 6.07) is 6.39. The molecule has 3 amide bonds. The van der Waals surface area contributed by atoms with Crippen molar-refractivity contribution in [2.24, 2.45) is 5.73 Å². The molecule has 0 saturated carbocycles. The molecular weight excluding hydrogens is 480 g/mol. The Morgan fingerprint density at radius 2 is 1.92 bits per heavy atom. The van der Waals surface area contributed by atoms with Crippen molar-refractivity contribution in [3.05, 3.63) is 29.8 Å². The maximum absolute atomic E-state index is 13.0. The molecule has 2 unspecified atom stereocenters. The van der Waals surface area contributed by atoms with Gasteiger partial charge in [-0.1, -0.05) is 0 Å². The molecule has 5 N–H and O–H groups in total. The van der Waals surface area contributed by atoms with Gasteiger partial charge in [0.25, 0.3) is 5.91 Å². The number of amides is 3. The van der Waals surface area contributed by atoms with Crippen LogP contribution < -0.4 is 16.4 Å². The first kappa shape index (κ1) is 26.7. The second-order valence-corrected chi connectivity index (χ2v) is 11.0. The van der Waals surface area contributed by atoms with Gasteiger partial charge in [-0.05, 0) is 63.5 Å². The summed E-state index contributed by atoms with van der Waals surface area (Å²) in [4.78, 5) is 43.9. The molecule has 0 radical (unpaired) electrons. The lowest BCUT2D eigenvalue weighted by molar-refractivity contribution is -0.134. The van der Waals surface area contributed by atoms with Gasteiger partial charge in [0, 0.05) is 50.5 Å². The lowest BCUT2D eigenvalue weighted by Gasteiger charge is -2.29. The highest BCUT2D eigenvalue weighted by Gasteiger charge is 2.45. The summed E-state index contributed by atoms with van der Waals surface area (Å²) >= 11 is 1.40. The number of nitrogens with two attached hydrogens (primary N) is 1. The molecular formula is C25H38N6O4S. The third-order valence-corrected chi connectivity index (χ3v) is 8.65. The normalized spacial score (nSPS) is 25.4. The SMILES string of the molecule is CCN1C(=O)[C@@H](CNc2ccc(C(=O)NCCN3CCCC3)cc2)SC1[C@H](N)C(=O)N1CCC(O)C1. The molecule has 1 aromatic rings. The number of hydrogen-bond donors (Lipinski definition) is 4. The summed E-state index contributed by atoms with van der Waals surface area (Å²) in [7, 11) is 0. The standard InChI is InChI=1S/C25H38N6O4S/c1-2-31-23(34)20(36-25(31)21(26)24(35)30-13-9-19(32)16-30)15-28-18-7-5-17(6-8-18)22(33)27-10-14-29-11-3-4-12-29/h5-8,19-21,25,28,32H,2-4,9-16,26H2,1H3,(H,27,33)/t19?,20-,21-,25?/m1/s1. The predicted molar refractivity (Wildman–Crippen MR) is 141 cm³/mol. The van der Waals surface area contributed by atoms with Crippen LogP contribution in [0.25, 0.3) is 0 Å². The van der Waals surface area contributed by atoms with Crippen LogP contribution in [0.4, 0.5) is 5.69 Å². The van der Waals surface area contributed by atoms with Gasteiger partial charge in [0.2, 0.25) is 11.8 Å². The number of carbonyl (C=O) groups is 3. The third kappa shape index (κ3) is 6.31. The molecule has 3 heterocycles. The molecule has 11 heteroatoms. The number of likely N-dealkylation sites (N-methyl/N-ethyl adjacent to an activating group) is 1. The van der Waals surface area contributed by atoms with E-state index in [0.29, 0.717) is 44.7 Å². The Bertz CT molecular complexity index is 926. The first-order chi connectivity index (χ1) is 17.4. The Balaban J connectivity index is 1.26. The fourth-order valence-electron chi connectivity index (χ4n) is 5.02. The van der Waals surface area contributed by atoms with E-state index in [4.69, 9.17) is 5.73 Å². The lowest BCUT2D eigenvalue weighted by Crippen LogP contribution is -2.53. The molecule has 36 heavy (non-hydrogen) atoms. The highest BCUT2D eigenvalue weighted by atomic mass is 32.2. The number of anilines is 1. The maximum atomic E-state index is 13.0. The van der Waals surface area contributed by atoms with E-state index in [1.54, 1.807) is 21.9 Å². The molecule has 3 fully saturated rings. The number of thioether (sulfide) groups is 1. The highest BCUT2D eigenvalue weighted by molar-refractivity contribution is 8.01. The Morgan fingerprint density at radius 3 is 2.56 bits per heavy atom. The maximum Gasteiger partial charge on any atom is 0.251 e. The second-order valence-electron chi connectivity index (χ2n) is 9.65. The van der Waals surface area contributed by atoms with Crippen molar-refractivity contribution in [2.75, 3.05) is 57.7 Å². The van der Waals surface area contributed by atoms with Gasteiger partial charge in [0.15, 0.2) is 0 Å². The van der Waals surface area contributed by atoms with Crippen molar-refractivity contribution in [2.45, 2.75) is 49.0 Å². The van der Waals surface area contributed by atoms with E-state index in [0.717, 1.165) is 25.3 Å². The Morgan fingerprint density at radius 1 is 1.19 bits per heavy atom. The van der Waals surface area contributed by atoms with Crippen LogP contribution in [0.5, 0.6) is 0 Å². The summed E-state index contributed by atoms with van der Waals surface area (Å²) < 4.78 is 0. The number of likely N-dealkylation sites (tertiary alicyclic amines) is 2. The lowest BCUT2D eigenvalue weighted by atomic mass is 10.2. The van der Waals surface area contributed by atoms with Gasteiger partial charge in [0.1, 0.15) is 16.7 Å². The predicted octanol–water partition coefficient (Wildman–Crippen LogP) is 0.135. The van der Waals surface area contributed by atoms with E-state index < -0.39 is 17.5 Å². The molecule has 3 aliphatic rings. The zero-order valence-corrected chi connectivity index (χ0v) is 21.7. The zero-order chi connectivity index (χ0) is 25.7. The minimum absolute atomic E-state index is 0.0429. The number of nitrogens with one attached hydrogen (secondary N) is 2. The topological polar surface area (TPSA) is 131 Å². The van der Waals surface area contributed by atoms with Gasteiger partial charge in [-0.2, -0.15) is 0 Å². The number of aliphatic hydroxyl groups is 1. The second kappa shape index (κ2) is 12.3. The monoisotopic (exact) mass is 518 g/mol. The summed E-state index contributed by atoms with van der Waals surface area (Å²) in [5.74, 6) is -0.357. The molecule has 0 spiro atoms. The van der Waals surface area contributed by atoms with E-state index in [1.807, 2.05) is 19.1 Å². The van der Waals surface area contributed by atoms with Gasteiger partial charge < -0.3 is 36.2 Å². The number of benzene rings is 1. The number of β-amino-alcohol motifs (C(OH)–C–C–N with tert-alkyl or cyclic N) is 1. The molecule has 198 valence electrons. The summed E-state index contributed by atoms with van der Waals surface area (Å²) in [6.45, 7) is 7.26. The van der Waals surface area contributed by atoms with Gasteiger partial charge in [-0.3, -0.25) is 14.4 Å². The number of nitrogens with zero attached hydrogens (tertiary/aromatic N) is 3. The third-order valence-electron chi connectivity index (χ3n) is 7.13. The van der Waals surface area contributed by atoms with Crippen LogP contribution in [0.1, 0.15) is 36.5 Å². The number of carbonyl (C=O) groups excluding carboxylic acids is 3. The number of hydrogen-bond acceptors (Lipinski definition) is 8. The van der Waals surface area contributed by atoms with E-state index in [1.165, 1.54) is 24.6 Å². The molecule has 10 nitrogen and oxygen atoms in total. The van der Waals surface area contributed by atoms with Gasteiger partial charge in [0.05, 0.1) is 6.10 Å². The van der Waals surface area contributed by atoms with Crippen molar-refractivity contribution in [3.63, 3.8) is 0 Å². The summed E-state index contributed by atoms with van der Waals surface area (Å²) in [5.41, 5.74) is 7.73. The van der Waals surface area contributed by atoms with Crippen LogP contribution in [-0.2, 0) is 9.59 Å². The van der Waals surface area contributed by atoms with Crippen molar-refractivity contribution in [3.8, 4) is 0 Å². The largest absolute Gasteiger partial charge is 0.391 e. The van der Waals surface area contributed by atoms with E-state index in [2.05, 4.69) is 15.5 Å². The smallest absolute Gasteiger partial charge is 0.251 e.